The highest BCUT2D eigenvalue weighted by atomic mass is 16.3. The maximum atomic E-state index is 6.54. The molecule has 0 atom stereocenters. The monoisotopic (exact) mass is 575 g/mol. The Bertz CT molecular complexity index is 2740. The lowest BCUT2D eigenvalue weighted by molar-refractivity contribution is 0.670. The molecular weight excluding hydrogens is 550 g/mol. The molecule has 0 aliphatic carbocycles. The second-order valence-corrected chi connectivity index (χ2v) is 11.7. The summed E-state index contributed by atoms with van der Waals surface area (Å²) < 4.78 is 15.3. The van der Waals surface area contributed by atoms with Crippen LogP contribution in [0.2, 0.25) is 0 Å². The van der Waals surface area contributed by atoms with Crippen molar-refractivity contribution in [1.29, 1.82) is 0 Å². The van der Waals surface area contributed by atoms with Crippen molar-refractivity contribution >= 4 is 65.7 Å². The largest absolute Gasteiger partial charge is 0.455 e. The number of fused-ring (bicyclic) bond motifs is 10. The van der Waals surface area contributed by atoms with Gasteiger partial charge >= 0.3 is 0 Å². The van der Waals surface area contributed by atoms with E-state index in [1.807, 2.05) is 24.3 Å². The Morgan fingerprint density at radius 3 is 1.78 bits per heavy atom. The van der Waals surface area contributed by atoms with Gasteiger partial charge in [0.05, 0.1) is 11.0 Å². The van der Waals surface area contributed by atoms with Crippen LogP contribution in [0.1, 0.15) is 0 Å². The van der Waals surface area contributed by atoms with Gasteiger partial charge < -0.3 is 13.4 Å². The minimum Gasteiger partial charge on any atom is -0.455 e. The number of aromatic nitrogens is 1. The number of hydrogen-bond acceptors (Lipinski definition) is 2. The first kappa shape index (κ1) is 24.4. The average Bonchev–Trinajstić information content (AvgIpc) is 3.78. The third-order valence-corrected chi connectivity index (χ3v) is 9.20. The number of para-hydroxylation sites is 3. The fourth-order valence-electron chi connectivity index (χ4n) is 7.13. The Morgan fingerprint density at radius 1 is 0.378 bits per heavy atom. The van der Waals surface area contributed by atoms with Crippen molar-refractivity contribution in [3.05, 3.63) is 152 Å². The molecule has 0 radical (unpaired) electrons. The van der Waals surface area contributed by atoms with Gasteiger partial charge in [0.25, 0.3) is 0 Å². The van der Waals surface area contributed by atoms with E-state index in [-0.39, 0.29) is 0 Å². The third-order valence-electron chi connectivity index (χ3n) is 9.20. The maximum Gasteiger partial charge on any atom is 0.160 e. The molecule has 3 heterocycles. The summed E-state index contributed by atoms with van der Waals surface area (Å²) in [6.45, 7) is 0. The molecule has 3 heteroatoms. The van der Waals surface area contributed by atoms with Crippen molar-refractivity contribution in [3.63, 3.8) is 0 Å². The highest BCUT2D eigenvalue weighted by Gasteiger charge is 2.19. The van der Waals surface area contributed by atoms with Gasteiger partial charge in [0.2, 0.25) is 0 Å². The van der Waals surface area contributed by atoms with Gasteiger partial charge in [0.1, 0.15) is 16.7 Å². The molecule has 0 spiro atoms. The molecule has 3 nitrogen and oxygen atoms in total. The van der Waals surface area contributed by atoms with Gasteiger partial charge in [-0.2, -0.15) is 0 Å². The molecule has 0 N–H and O–H groups in total. The van der Waals surface area contributed by atoms with Crippen LogP contribution in [-0.2, 0) is 0 Å². The van der Waals surface area contributed by atoms with Crippen LogP contribution in [0.5, 0.6) is 0 Å². The summed E-state index contributed by atoms with van der Waals surface area (Å²) in [7, 11) is 0. The summed E-state index contributed by atoms with van der Waals surface area (Å²) in [6, 6.07) is 53.6. The standard InChI is InChI=1S/C42H25NO2/c1-2-10-27(11-3-1)35-24-28(25-36-32-14-6-9-17-39(32)44-41(35)36)26-18-20-29(21-19-26)43-37-15-7-4-12-30(37)33-22-23-34-31-13-5-8-16-38(31)45-42(34)40(33)43/h1-25H. The normalized spacial score (nSPS) is 12.0. The molecule has 7 aromatic carbocycles. The zero-order valence-electron chi connectivity index (χ0n) is 24.2. The number of hydrogen-bond donors (Lipinski definition) is 0. The van der Waals surface area contributed by atoms with Gasteiger partial charge in [-0.25, -0.2) is 0 Å². The summed E-state index contributed by atoms with van der Waals surface area (Å²) in [4.78, 5) is 0. The van der Waals surface area contributed by atoms with Crippen molar-refractivity contribution in [2.24, 2.45) is 0 Å². The Balaban J connectivity index is 1.20. The van der Waals surface area contributed by atoms with Crippen LogP contribution in [-0.4, -0.2) is 4.57 Å². The molecule has 10 aromatic rings. The first-order chi connectivity index (χ1) is 22.3. The minimum absolute atomic E-state index is 0.903. The summed E-state index contributed by atoms with van der Waals surface area (Å²) in [5, 5.41) is 6.92. The van der Waals surface area contributed by atoms with E-state index in [0.29, 0.717) is 0 Å². The SMILES string of the molecule is c1ccc(-c2cc(-c3ccc(-n4c5ccccc5c5ccc6c7ccccc7oc6c54)cc3)cc3c2oc2ccccc23)cc1. The lowest BCUT2D eigenvalue weighted by Gasteiger charge is -2.11. The maximum absolute atomic E-state index is 6.54. The molecule has 0 bridgehead atoms. The van der Waals surface area contributed by atoms with Crippen LogP contribution < -0.4 is 0 Å². The van der Waals surface area contributed by atoms with E-state index >= 15 is 0 Å². The molecule has 45 heavy (non-hydrogen) atoms. The predicted molar refractivity (Wildman–Crippen MR) is 186 cm³/mol. The van der Waals surface area contributed by atoms with Crippen LogP contribution in [0, 0.1) is 0 Å². The van der Waals surface area contributed by atoms with E-state index in [1.165, 1.54) is 10.8 Å². The zero-order chi connectivity index (χ0) is 29.5. The molecule has 0 amide bonds. The third kappa shape index (κ3) is 3.52. The zero-order valence-corrected chi connectivity index (χ0v) is 24.2. The van der Waals surface area contributed by atoms with Crippen LogP contribution in [0.25, 0.3) is 93.6 Å². The molecule has 10 rings (SSSR count). The van der Waals surface area contributed by atoms with Gasteiger partial charge in [-0.3, -0.25) is 0 Å². The van der Waals surface area contributed by atoms with Crippen molar-refractivity contribution in [2.75, 3.05) is 0 Å². The molecule has 0 saturated heterocycles. The number of furan rings is 2. The van der Waals surface area contributed by atoms with Crippen molar-refractivity contribution < 1.29 is 8.83 Å². The fraction of sp³-hybridized carbons (Fsp3) is 0. The second kappa shape index (κ2) is 9.22. The molecule has 0 saturated carbocycles. The van der Waals surface area contributed by atoms with Gasteiger partial charge in [0.15, 0.2) is 5.58 Å². The van der Waals surface area contributed by atoms with E-state index < -0.39 is 0 Å². The van der Waals surface area contributed by atoms with Crippen molar-refractivity contribution in [2.45, 2.75) is 0 Å². The van der Waals surface area contributed by atoms with Gasteiger partial charge in [0, 0.05) is 43.6 Å². The summed E-state index contributed by atoms with van der Waals surface area (Å²) in [5.41, 5.74) is 11.5. The molecule has 0 aliphatic rings. The highest BCUT2D eigenvalue weighted by molar-refractivity contribution is 6.21. The smallest absolute Gasteiger partial charge is 0.160 e. The molecule has 0 fully saturated rings. The van der Waals surface area contributed by atoms with Gasteiger partial charge in [-0.15, -0.1) is 0 Å². The number of rotatable bonds is 3. The van der Waals surface area contributed by atoms with Crippen LogP contribution in [0.3, 0.4) is 0 Å². The summed E-state index contributed by atoms with van der Waals surface area (Å²) in [5.74, 6) is 0. The predicted octanol–water partition coefficient (Wildman–Crippen LogP) is 11.9. The molecule has 0 aliphatic heterocycles. The molecule has 0 unspecified atom stereocenters. The Hall–Kier alpha value is -6.06. The van der Waals surface area contributed by atoms with Crippen molar-refractivity contribution in [1.82, 2.24) is 4.57 Å². The quantitative estimate of drug-likeness (QED) is 0.210. The topological polar surface area (TPSA) is 31.2 Å². The van der Waals surface area contributed by atoms with E-state index in [2.05, 4.69) is 132 Å². The molecule has 210 valence electrons. The lowest BCUT2D eigenvalue weighted by atomic mass is 9.95. The van der Waals surface area contributed by atoms with E-state index in [1.54, 1.807) is 0 Å². The lowest BCUT2D eigenvalue weighted by Crippen LogP contribution is -1.94. The van der Waals surface area contributed by atoms with Crippen molar-refractivity contribution in [3.8, 4) is 27.9 Å². The summed E-state index contributed by atoms with van der Waals surface area (Å²) >= 11 is 0. The second-order valence-electron chi connectivity index (χ2n) is 11.7. The van der Waals surface area contributed by atoms with E-state index in [0.717, 1.165) is 82.9 Å². The Morgan fingerprint density at radius 2 is 1.00 bits per heavy atom. The minimum atomic E-state index is 0.903. The molecular formula is C42H25NO2. The van der Waals surface area contributed by atoms with Gasteiger partial charge in [-0.05, 0) is 65.2 Å². The first-order valence-corrected chi connectivity index (χ1v) is 15.3. The van der Waals surface area contributed by atoms with Crippen LogP contribution >= 0.6 is 0 Å². The number of benzene rings is 7. The highest BCUT2D eigenvalue weighted by Crippen LogP contribution is 2.42. The average molecular weight is 576 g/mol. The molecule has 3 aromatic heterocycles. The fourth-order valence-corrected chi connectivity index (χ4v) is 7.13. The first-order valence-electron chi connectivity index (χ1n) is 15.3. The van der Waals surface area contributed by atoms with E-state index in [9.17, 15) is 0 Å². The Kier molecular flexibility index (Phi) is 5.00. The van der Waals surface area contributed by atoms with Crippen LogP contribution in [0.4, 0.5) is 0 Å². The van der Waals surface area contributed by atoms with Gasteiger partial charge in [-0.1, -0.05) is 103 Å². The van der Waals surface area contributed by atoms with E-state index in [4.69, 9.17) is 8.83 Å². The number of nitrogens with zero attached hydrogens (tertiary/aromatic N) is 1. The Labute approximate surface area is 258 Å². The summed E-state index contributed by atoms with van der Waals surface area (Å²) in [6.07, 6.45) is 0. The van der Waals surface area contributed by atoms with Crippen LogP contribution in [0.15, 0.2) is 160 Å².